The Kier molecular flexibility index (Phi) is 7.12. The van der Waals surface area contributed by atoms with Crippen molar-refractivity contribution in [1.29, 1.82) is 0 Å². The lowest BCUT2D eigenvalue weighted by Gasteiger charge is -2.27. The van der Waals surface area contributed by atoms with Crippen molar-refractivity contribution < 1.29 is 19.1 Å². The van der Waals surface area contributed by atoms with E-state index in [-0.39, 0.29) is 12.1 Å². The Hall–Kier alpha value is -1.52. The number of rotatable bonds is 6. The molecule has 0 aromatic rings. The lowest BCUT2D eigenvalue weighted by atomic mass is 9.83. The Morgan fingerprint density at radius 1 is 1.10 bits per heavy atom. The molecule has 1 saturated carbocycles. The molecule has 0 bridgehead atoms. The van der Waals surface area contributed by atoms with Gasteiger partial charge in [0.15, 0.2) is 0 Å². The first kappa shape index (κ1) is 16.5. The minimum absolute atomic E-state index is 0.313. The first-order valence-electron chi connectivity index (χ1n) is 7.26. The summed E-state index contributed by atoms with van der Waals surface area (Å²) in [4.78, 5) is 22.5. The standard InChI is InChI=1S/C15H25NO4/c1-4-16-15(18)20-10-13-7-5-12(6-8-13)9-19-14(17)11(2)3/h12-13H,2,4-10H2,1,3H3,(H,16,18). The lowest BCUT2D eigenvalue weighted by Crippen LogP contribution is -2.28. The molecule has 0 unspecified atom stereocenters. The monoisotopic (exact) mass is 283 g/mol. The molecule has 1 aliphatic carbocycles. The Bertz CT molecular complexity index is 346. The van der Waals surface area contributed by atoms with Gasteiger partial charge >= 0.3 is 12.1 Å². The Morgan fingerprint density at radius 2 is 1.60 bits per heavy atom. The molecule has 0 aliphatic heterocycles. The Morgan fingerprint density at radius 3 is 2.05 bits per heavy atom. The van der Waals surface area contributed by atoms with E-state index in [0.717, 1.165) is 25.7 Å². The van der Waals surface area contributed by atoms with E-state index < -0.39 is 0 Å². The molecule has 0 atom stereocenters. The van der Waals surface area contributed by atoms with E-state index in [2.05, 4.69) is 11.9 Å². The predicted octanol–water partition coefficient (Wildman–Crippen LogP) is 2.66. The van der Waals surface area contributed by atoms with E-state index in [1.807, 2.05) is 6.92 Å². The molecule has 1 aliphatic rings. The van der Waals surface area contributed by atoms with Crippen molar-refractivity contribution in [3.63, 3.8) is 0 Å². The van der Waals surface area contributed by atoms with Crippen LogP contribution >= 0.6 is 0 Å². The van der Waals surface area contributed by atoms with E-state index in [9.17, 15) is 9.59 Å². The van der Waals surface area contributed by atoms with Gasteiger partial charge in [0.25, 0.3) is 0 Å². The van der Waals surface area contributed by atoms with Gasteiger partial charge in [-0.1, -0.05) is 6.58 Å². The van der Waals surface area contributed by atoms with E-state index in [4.69, 9.17) is 9.47 Å². The molecule has 0 radical (unpaired) electrons. The fourth-order valence-corrected chi connectivity index (χ4v) is 2.27. The quantitative estimate of drug-likeness (QED) is 0.601. The topological polar surface area (TPSA) is 64.6 Å². The summed E-state index contributed by atoms with van der Waals surface area (Å²) >= 11 is 0. The molecule has 0 heterocycles. The fourth-order valence-electron chi connectivity index (χ4n) is 2.27. The van der Waals surface area contributed by atoms with Crippen LogP contribution < -0.4 is 5.32 Å². The SMILES string of the molecule is C=C(C)C(=O)OCC1CCC(COC(=O)NCC)CC1. The zero-order valence-corrected chi connectivity index (χ0v) is 12.4. The molecule has 1 N–H and O–H groups in total. The highest BCUT2D eigenvalue weighted by Gasteiger charge is 2.23. The van der Waals surface area contributed by atoms with Crippen LogP contribution in [0.1, 0.15) is 39.5 Å². The molecule has 114 valence electrons. The van der Waals surface area contributed by atoms with Crippen LogP contribution in [0.3, 0.4) is 0 Å². The van der Waals surface area contributed by atoms with Crippen molar-refractivity contribution >= 4 is 12.1 Å². The fraction of sp³-hybridized carbons (Fsp3) is 0.733. The van der Waals surface area contributed by atoms with Crippen LogP contribution in [0, 0.1) is 11.8 Å². The molecule has 20 heavy (non-hydrogen) atoms. The Balaban J connectivity index is 2.15. The summed E-state index contributed by atoms with van der Waals surface area (Å²) in [5.41, 5.74) is 0.439. The third kappa shape index (κ3) is 6.08. The van der Waals surface area contributed by atoms with Gasteiger partial charge in [0, 0.05) is 12.1 Å². The van der Waals surface area contributed by atoms with Gasteiger partial charge < -0.3 is 14.8 Å². The molecule has 0 aromatic heterocycles. The maximum absolute atomic E-state index is 11.3. The van der Waals surface area contributed by atoms with Crippen molar-refractivity contribution in [3.8, 4) is 0 Å². The van der Waals surface area contributed by atoms with Gasteiger partial charge in [0.2, 0.25) is 0 Å². The number of carbonyl (C=O) groups is 2. The van der Waals surface area contributed by atoms with Gasteiger partial charge in [0.1, 0.15) is 0 Å². The summed E-state index contributed by atoms with van der Waals surface area (Å²) in [6, 6.07) is 0. The van der Waals surface area contributed by atoms with Gasteiger partial charge in [-0.05, 0) is 51.4 Å². The van der Waals surface area contributed by atoms with Crippen molar-refractivity contribution in [1.82, 2.24) is 5.32 Å². The van der Waals surface area contributed by atoms with Gasteiger partial charge in [-0.25, -0.2) is 9.59 Å². The molecular weight excluding hydrogens is 258 g/mol. The van der Waals surface area contributed by atoms with E-state index in [0.29, 0.717) is 37.2 Å². The number of nitrogens with one attached hydrogen (secondary N) is 1. The number of esters is 1. The van der Waals surface area contributed by atoms with Crippen molar-refractivity contribution in [3.05, 3.63) is 12.2 Å². The smallest absolute Gasteiger partial charge is 0.407 e. The van der Waals surface area contributed by atoms with Gasteiger partial charge in [0.05, 0.1) is 13.2 Å². The van der Waals surface area contributed by atoms with Crippen LogP contribution in [-0.4, -0.2) is 31.8 Å². The van der Waals surface area contributed by atoms with Crippen molar-refractivity contribution in [2.75, 3.05) is 19.8 Å². The van der Waals surface area contributed by atoms with Crippen LogP contribution in [0.15, 0.2) is 12.2 Å². The number of alkyl carbamates (subject to hydrolysis) is 1. The maximum atomic E-state index is 11.3. The number of carbonyl (C=O) groups excluding carboxylic acids is 2. The summed E-state index contributed by atoms with van der Waals surface area (Å²) in [5, 5.41) is 2.61. The average Bonchev–Trinajstić information content (AvgIpc) is 2.43. The third-order valence-corrected chi connectivity index (χ3v) is 3.54. The molecule has 5 heteroatoms. The van der Waals surface area contributed by atoms with Crippen molar-refractivity contribution in [2.24, 2.45) is 11.8 Å². The summed E-state index contributed by atoms with van der Waals surface area (Å²) in [6.07, 6.45) is 3.69. The van der Waals surface area contributed by atoms with Crippen LogP contribution in [-0.2, 0) is 14.3 Å². The van der Waals surface area contributed by atoms with Crippen LogP contribution in [0.5, 0.6) is 0 Å². The highest BCUT2D eigenvalue weighted by Crippen LogP contribution is 2.29. The molecule has 1 fully saturated rings. The zero-order valence-electron chi connectivity index (χ0n) is 12.4. The number of amides is 1. The van der Waals surface area contributed by atoms with Crippen LogP contribution in [0.2, 0.25) is 0 Å². The molecule has 1 amide bonds. The van der Waals surface area contributed by atoms with E-state index in [1.165, 1.54) is 0 Å². The summed E-state index contributed by atoms with van der Waals surface area (Å²) in [6.45, 7) is 8.60. The average molecular weight is 283 g/mol. The number of hydrogen-bond donors (Lipinski definition) is 1. The first-order valence-corrected chi connectivity index (χ1v) is 7.26. The maximum Gasteiger partial charge on any atom is 0.407 e. The largest absolute Gasteiger partial charge is 0.462 e. The molecular formula is C15H25NO4. The molecule has 0 aromatic carbocycles. The molecule has 0 saturated heterocycles. The minimum Gasteiger partial charge on any atom is -0.462 e. The lowest BCUT2D eigenvalue weighted by molar-refractivity contribution is -0.140. The first-order chi connectivity index (χ1) is 9.52. The Labute approximate surface area is 120 Å². The molecule has 0 spiro atoms. The minimum atomic E-state index is -0.343. The normalized spacial score (nSPS) is 21.9. The second-order valence-electron chi connectivity index (χ2n) is 5.39. The highest BCUT2D eigenvalue weighted by molar-refractivity contribution is 5.86. The van der Waals surface area contributed by atoms with Gasteiger partial charge in [-0.2, -0.15) is 0 Å². The zero-order chi connectivity index (χ0) is 15.0. The van der Waals surface area contributed by atoms with Crippen molar-refractivity contribution in [2.45, 2.75) is 39.5 Å². The van der Waals surface area contributed by atoms with Gasteiger partial charge in [-0.15, -0.1) is 0 Å². The van der Waals surface area contributed by atoms with E-state index in [1.54, 1.807) is 6.92 Å². The second kappa shape index (κ2) is 8.61. The summed E-state index contributed by atoms with van der Waals surface area (Å²) in [7, 11) is 0. The highest BCUT2D eigenvalue weighted by atomic mass is 16.5. The van der Waals surface area contributed by atoms with Gasteiger partial charge in [-0.3, -0.25) is 0 Å². The summed E-state index contributed by atoms with van der Waals surface area (Å²) < 4.78 is 10.3. The van der Waals surface area contributed by atoms with E-state index >= 15 is 0 Å². The van der Waals surface area contributed by atoms with Crippen LogP contribution in [0.4, 0.5) is 4.79 Å². The third-order valence-electron chi connectivity index (χ3n) is 3.54. The molecule has 1 rings (SSSR count). The predicted molar refractivity (Wildman–Crippen MR) is 76.2 cm³/mol. The second-order valence-corrected chi connectivity index (χ2v) is 5.39. The molecule has 5 nitrogen and oxygen atoms in total. The number of ether oxygens (including phenoxy) is 2. The summed E-state index contributed by atoms with van der Waals surface area (Å²) in [5.74, 6) is 0.524. The van der Waals surface area contributed by atoms with Crippen LogP contribution in [0.25, 0.3) is 0 Å². The number of hydrogen-bond acceptors (Lipinski definition) is 4.